The number of nitrogens with one attached hydrogen (secondary N) is 1. The second kappa shape index (κ2) is 7.36. The average molecular weight is 277 g/mol. The van der Waals surface area contributed by atoms with E-state index < -0.39 is 17.6 Å². The summed E-state index contributed by atoms with van der Waals surface area (Å²) in [6, 6.07) is 3.00. The molecule has 1 nitrogen and oxygen atoms in total. The lowest BCUT2D eigenvalue weighted by molar-refractivity contribution is -0.139. The van der Waals surface area contributed by atoms with Crippen LogP contribution in [0.2, 0.25) is 0 Å². The van der Waals surface area contributed by atoms with Crippen LogP contribution in [-0.2, 0) is 6.18 Å². The van der Waals surface area contributed by atoms with Crippen LogP contribution in [0.25, 0.3) is 0 Å². The van der Waals surface area contributed by atoms with E-state index >= 15 is 0 Å². The fraction of sp³-hybridized carbons (Fsp3) is 0.571. The Labute approximate surface area is 111 Å². The quantitative estimate of drug-likeness (QED) is 0.531. The summed E-state index contributed by atoms with van der Waals surface area (Å²) in [7, 11) is 0. The summed E-state index contributed by atoms with van der Waals surface area (Å²) in [4.78, 5) is 0. The molecule has 1 N–H and O–H groups in total. The van der Waals surface area contributed by atoms with Gasteiger partial charge in [-0.3, -0.25) is 0 Å². The van der Waals surface area contributed by atoms with Crippen LogP contribution in [0, 0.1) is 5.82 Å². The highest BCUT2D eigenvalue weighted by molar-refractivity contribution is 5.47. The van der Waals surface area contributed by atoms with Crippen molar-refractivity contribution in [2.75, 3.05) is 11.9 Å². The Bertz CT molecular complexity index is 388. The molecule has 19 heavy (non-hydrogen) atoms. The first-order chi connectivity index (χ1) is 8.95. The summed E-state index contributed by atoms with van der Waals surface area (Å²) in [6.45, 7) is 2.72. The Balaban J connectivity index is 2.47. The van der Waals surface area contributed by atoms with Gasteiger partial charge in [-0.1, -0.05) is 32.6 Å². The van der Waals surface area contributed by atoms with E-state index in [-0.39, 0.29) is 0 Å². The van der Waals surface area contributed by atoms with E-state index in [9.17, 15) is 17.6 Å². The molecule has 108 valence electrons. The fourth-order valence-corrected chi connectivity index (χ4v) is 1.81. The van der Waals surface area contributed by atoms with Gasteiger partial charge < -0.3 is 5.32 Å². The van der Waals surface area contributed by atoms with Gasteiger partial charge in [0.1, 0.15) is 5.82 Å². The van der Waals surface area contributed by atoms with Crippen LogP contribution in [-0.4, -0.2) is 6.54 Å². The maximum Gasteiger partial charge on any atom is 0.419 e. The zero-order chi connectivity index (χ0) is 14.3. The molecule has 5 heteroatoms. The van der Waals surface area contributed by atoms with Gasteiger partial charge in [-0.25, -0.2) is 4.39 Å². The number of unbranched alkanes of at least 4 members (excludes halogenated alkanes) is 4. The second-order valence-electron chi connectivity index (χ2n) is 4.53. The van der Waals surface area contributed by atoms with Crippen LogP contribution in [0.3, 0.4) is 0 Å². The number of hydrogen-bond donors (Lipinski definition) is 1. The Kier molecular flexibility index (Phi) is 6.12. The molecule has 0 saturated heterocycles. The van der Waals surface area contributed by atoms with Crippen LogP contribution in [0.5, 0.6) is 0 Å². The minimum absolute atomic E-state index is 0.309. The largest absolute Gasteiger partial charge is 0.419 e. The van der Waals surface area contributed by atoms with E-state index in [1.54, 1.807) is 0 Å². The number of hydrogen-bond acceptors (Lipinski definition) is 1. The van der Waals surface area contributed by atoms with Gasteiger partial charge in [0.2, 0.25) is 0 Å². The molecular weight excluding hydrogens is 258 g/mol. The summed E-state index contributed by atoms with van der Waals surface area (Å²) in [6.07, 6.45) is 0.764. The molecule has 0 spiro atoms. The fourth-order valence-electron chi connectivity index (χ4n) is 1.81. The summed E-state index contributed by atoms with van der Waals surface area (Å²) in [5.74, 6) is -1.24. The average Bonchev–Trinajstić information content (AvgIpc) is 2.34. The molecule has 1 rings (SSSR count). The molecule has 0 aliphatic rings. The third kappa shape index (κ3) is 5.49. The van der Waals surface area contributed by atoms with Crippen LogP contribution < -0.4 is 5.32 Å². The maximum atomic E-state index is 13.0. The predicted molar refractivity (Wildman–Crippen MR) is 68.7 cm³/mol. The standard InChI is InChI=1S/C14H19F4N/c1-2-3-4-5-6-9-19-11-7-8-13(15)12(10-11)14(16,17)18/h7-8,10,19H,2-6,9H2,1H3. The smallest absolute Gasteiger partial charge is 0.385 e. The zero-order valence-corrected chi connectivity index (χ0v) is 11.0. The maximum absolute atomic E-state index is 13.0. The van der Waals surface area contributed by atoms with Gasteiger partial charge in [-0.05, 0) is 24.6 Å². The van der Waals surface area contributed by atoms with Crippen molar-refractivity contribution in [3.63, 3.8) is 0 Å². The minimum Gasteiger partial charge on any atom is -0.385 e. The van der Waals surface area contributed by atoms with Gasteiger partial charge >= 0.3 is 6.18 Å². The molecule has 0 radical (unpaired) electrons. The van der Waals surface area contributed by atoms with Crippen LogP contribution in [0.1, 0.15) is 44.6 Å². The van der Waals surface area contributed by atoms with E-state index in [0.29, 0.717) is 12.2 Å². The van der Waals surface area contributed by atoms with Crippen molar-refractivity contribution >= 4 is 5.69 Å². The molecule has 0 heterocycles. The number of halogens is 4. The molecule has 0 saturated carbocycles. The van der Waals surface area contributed by atoms with E-state index in [2.05, 4.69) is 12.2 Å². The normalized spacial score (nSPS) is 11.6. The molecule has 0 fully saturated rings. The van der Waals surface area contributed by atoms with Crippen molar-refractivity contribution in [3.05, 3.63) is 29.6 Å². The predicted octanol–water partition coefficient (Wildman–Crippen LogP) is 5.23. The molecule has 0 atom stereocenters. The molecule has 0 bridgehead atoms. The SMILES string of the molecule is CCCCCCCNc1ccc(F)c(C(F)(F)F)c1. The van der Waals surface area contributed by atoms with Crippen molar-refractivity contribution in [1.29, 1.82) is 0 Å². The van der Waals surface area contributed by atoms with Gasteiger partial charge in [0.15, 0.2) is 0 Å². The Morgan fingerprint density at radius 3 is 2.37 bits per heavy atom. The summed E-state index contributed by atoms with van der Waals surface area (Å²) in [5, 5.41) is 2.89. The topological polar surface area (TPSA) is 12.0 Å². The van der Waals surface area contributed by atoms with Gasteiger partial charge in [0.05, 0.1) is 5.56 Å². The third-order valence-electron chi connectivity index (χ3n) is 2.88. The van der Waals surface area contributed by atoms with Crippen molar-refractivity contribution in [2.45, 2.75) is 45.2 Å². The molecule has 1 aromatic carbocycles. The van der Waals surface area contributed by atoms with Crippen LogP contribution in [0.15, 0.2) is 18.2 Å². The molecule has 1 aromatic rings. The van der Waals surface area contributed by atoms with Crippen molar-refractivity contribution < 1.29 is 17.6 Å². The van der Waals surface area contributed by atoms with Crippen LogP contribution >= 0.6 is 0 Å². The molecule has 0 aromatic heterocycles. The number of rotatable bonds is 7. The summed E-state index contributed by atoms with van der Waals surface area (Å²) >= 11 is 0. The lowest BCUT2D eigenvalue weighted by atomic mass is 10.1. The molecule has 0 aliphatic heterocycles. The molecule has 0 amide bonds. The van der Waals surface area contributed by atoms with Crippen LogP contribution in [0.4, 0.5) is 23.2 Å². The number of alkyl halides is 3. The van der Waals surface area contributed by atoms with E-state index in [0.717, 1.165) is 37.8 Å². The first-order valence-corrected chi connectivity index (χ1v) is 6.55. The highest BCUT2D eigenvalue weighted by Gasteiger charge is 2.34. The first-order valence-electron chi connectivity index (χ1n) is 6.55. The van der Waals surface area contributed by atoms with Crippen molar-refractivity contribution in [2.24, 2.45) is 0 Å². The van der Waals surface area contributed by atoms with Gasteiger partial charge in [0.25, 0.3) is 0 Å². The lowest BCUT2D eigenvalue weighted by Gasteiger charge is -2.11. The minimum atomic E-state index is -4.65. The zero-order valence-electron chi connectivity index (χ0n) is 11.0. The Morgan fingerprint density at radius 2 is 1.74 bits per heavy atom. The van der Waals surface area contributed by atoms with E-state index in [4.69, 9.17) is 0 Å². The number of benzene rings is 1. The Hall–Kier alpha value is -1.26. The molecular formula is C14H19F4N. The molecule has 0 aliphatic carbocycles. The van der Waals surface area contributed by atoms with Crippen molar-refractivity contribution in [1.82, 2.24) is 0 Å². The highest BCUT2D eigenvalue weighted by Crippen LogP contribution is 2.32. The molecule has 0 unspecified atom stereocenters. The van der Waals surface area contributed by atoms with Gasteiger partial charge in [0, 0.05) is 12.2 Å². The third-order valence-corrected chi connectivity index (χ3v) is 2.88. The first kappa shape index (κ1) is 15.8. The second-order valence-corrected chi connectivity index (χ2v) is 4.53. The monoisotopic (exact) mass is 277 g/mol. The van der Waals surface area contributed by atoms with Crippen molar-refractivity contribution in [3.8, 4) is 0 Å². The van der Waals surface area contributed by atoms with Gasteiger partial charge in [-0.2, -0.15) is 13.2 Å². The summed E-state index contributed by atoms with van der Waals surface area (Å²) in [5.41, 5.74) is -0.910. The van der Waals surface area contributed by atoms with E-state index in [1.807, 2.05) is 0 Å². The summed E-state index contributed by atoms with van der Waals surface area (Å²) < 4.78 is 50.5. The van der Waals surface area contributed by atoms with Gasteiger partial charge in [-0.15, -0.1) is 0 Å². The number of anilines is 1. The Morgan fingerprint density at radius 1 is 1.05 bits per heavy atom. The lowest BCUT2D eigenvalue weighted by Crippen LogP contribution is -2.10. The highest BCUT2D eigenvalue weighted by atomic mass is 19.4. The van der Waals surface area contributed by atoms with E-state index in [1.165, 1.54) is 12.5 Å².